The van der Waals surface area contributed by atoms with E-state index < -0.39 is 6.10 Å². The summed E-state index contributed by atoms with van der Waals surface area (Å²) >= 11 is 11.8. The second-order valence-corrected chi connectivity index (χ2v) is 5.34. The SMILES string of the molecule is O=C(COc1cc(Cl)ccc1Cl)N1CCCC(O)C1. The van der Waals surface area contributed by atoms with Crippen molar-refractivity contribution in [1.29, 1.82) is 0 Å². The second-order valence-electron chi connectivity index (χ2n) is 4.50. The molecule has 1 aromatic rings. The summed E-state index contributed by atoms with van der Waals surface area (Å²) in [6.45, 7) is 0.917. The van der Waals surface area contributed by atoms with E-state index in [1.807, 2.05) is 0 Å². The molecule has 1 aliphatic heterocycles. The van der Waals surface area contributed by atoms with Crippen LogP contribution >= 0.6 is 23.2 Å². The molecule has 0 radical (unpaired) electrons. The Morgan fingerprint density at radius 2 is 2.26 bits per heavy atom. The molecule has 6 heteroatoms. The molecule has 0 spiro atoms. The fraction of sp³-hybridized carbons (Fsp3) is 0.462. The highest BCUT2D eigenvalue weighted by Crippen LogP contribution is 2.27. The van der Waals surface area contributed by atoms with Crippen LogP contribution in [0.25, 0.3) is 0 Å². The minimum absolute atomic E-state index is 0.104. The van der Waals surface area contributed by atoms with Gasteiger partial charge >= 0.3 is 0 Å². The lowest BCUT2D eigenvalue weighted by molar-refractivity contribution is -0.136. The summed E-state index contributed by atoms with van der Waals surface area (Å²) in [6, 6.07) is 4.84. The molecule has 1 unspecified atom stereocenters. The Hall–Kier alpha value is -0.970. The molecule has 0 aliphatic carbocycles. The predicted molar refractivity (Wildman–Crippen MR) is 73.8 cm³/mol. The number of aliphatic hydroxyl groups is 1. The third-order valence-corrected chi connectivity index (χ3v) is 3.54. The van der Waals surface area contributed by atoms with Crippen molar-refractivity contribution >= 4 is 29.1 Å². The third kappa shape index (κ3) is 4.00. The molecular formula is C13H15Cl2NO3. The zero-order valence-electron chi connectivity index (χ0n) is 10.3. The van der Waals surface area contributed by atoms with Gasteiger partial charge in [-0.25, -0.2) is 0 Å². The summed E-state index contributed by atoms with van der Waals surface area (Å²) in [4.78, 5) is 13.5. The van der Waals surface area contributed by atoms with Gasteiger partial charge in [-0.15, -0.1) is 0 Å². The molecule has 1 atom stereocenters. The van der Waals surface area contributed by atoms with Gasteiger partial charge in [0.25, 0.3) is 5.91 Å². The van der Waals surface area contributed by atoms with E-state index in [0.29, 0.717) is 28.9 Å². The molecule has 0 aromatic heterocycles. The van der Waals surface area contributed by atoms with Crippen molar-refractivity contribution in [2.45, 2.75) is 18.9 Å². The van der Waals surface area contributed by atoms with E-state index in [4.69, 9.17) is 27.9 Å². The lowest BCUT2D eigenvalue weighted by Crippen LogP contribution is -2.44. The first-order valence-corrected chi connectivity index (χ1v) is 6.85. The van der Waals surface area contributed by atoms with Crippen LogP contribution in [0.15, 0.2) is 18.2 Å². The summed E-state index contributed by atoms with van der Waals surface area (Å²) in [5, 5.41) is 10.4. The zero-order valence-corrected chi connectivity index (χ0v) is 11.8. The number of likely N-dealkylation sites (tertiary alicyclic amines) is 1. The summed E-state index contributed by atoms with van der Waals surface area (Å²) < 4.78 is 5.38. The van der Waals surface area contributed by atoms with Gasteiger partial charge in [-0.2, -0.15) is 0 Å². The van der Waals surface area contributed by atoms with Crippen LogP contribution in [0.4, 0.5) is 0 Å². The number of aliphatic hydroxyl groups excluding tert-OH is 1. The minimum atomic E-state index is -0.438. The van der Waals surface area contributed by atoms with Crippen molar-refractivity contribution in [2.75, 3.05) is 19.7 Å². The maximum Gasteiger partial charge on any atom is 0.260 e. The van der Waals surface area contributed by atoms with Crippen molar-refractivity contribution in [3.05, 3.63) is 28.2 Å². The maximum atomic E-state index is 11.9. The molecular weight excluding hydrogens is 289 g/mol. The summed E-state index contributed by atoms with van der Waals surface area (Å²) in [7, 11) is 0. The first-order chi connectivity index (χ1) is 9.06. The summed E-state index contributed by atoms with van der Waals surface area (Å²) in [6.07, 6.45) is 1.11. The second kappa shape index (κ2) is 6.46. The van der Waals surface area contributed by atoms with Crippen molar-refractivity contribution < 1.29 is 14.6 Å². The largest absolute Gasteiger partial charge is 0.482 e. The van der Waals surface area contributed by atoms with Crippen LogP contribution in [0.5, 0.6) is 5.75 Å². The standard InChI is InChI=1S/C13H15Cl2NO3/c14-9-3-4-11(15)12(6-9)19-8-13(18)16-5-1-2-10(17)7-16/h3-4,6,10,17H,1-2,5,7-8H2. The number of benzene rings is 1. The van der Waals surface area contributed by atoms with Crippen LogP contribution in [0.3, 0.4) is 0 Å². The van der Waals surface area contributed by atoms with Gasteiger partial charge in [0.1, 0.15) is 5.75 Å². The summed E-state index contributed by atoms with van der Waals surface area (Å²) in [5.41, 5.74) is 0. The Bertz CT molecular complexity index is 467. The lowest BCUT2D eigenvalue weighted by Gasteiger charge is -2.30. The van der Waals surface area contributed by atoms with Crippen LogP contribution in [0, 0.1) is 0 Å². The van der Waals surface area contributed by atoms with Crippen molar-refractivity contribution in [3.63, 3.8) is 0 Å². The molecule has 1 amide bonds. The zero-order chi connectivity index (χ0) is 13.8. The molecule has 1 saturated heterocycles. The number of hydrogen-bond donors (Lipinski definition) is 1. The number of ether oxygens (including phenoxy) is 1. The molecule has 0 saturated carbocycles. The van der Waals surface area contributed by atoms with Crippen LogP contribution in [-0.2, 0) is 4.79 Å². The number of hydrogen-bond acceptors (Lipinski definition) is 3. The van der Waals surface area contributed by atoms with Crippen LogP contribution in [0.2, 0.25) is 10.0 Å². The van der Waals surface area contributed by atoms with Crippen molar-refractivity contribution in [3.8, 4) is 5.75 Å². The van der Waals surface area contributed by atoms with E-state index in [0.717, 1.165) is 12.8 Å². The minimum Gasteiger partial charge on any atom is -0.482 e. The van der Waals surface area contributed by atoms with Crippen molar-refractivity contribution in [2.24, 2.45) is 0 Å². The number of carbonyl (C=O) groups excluding carboxylic acids is 1. The van der Waals surface area contributed by atoms with Crippen molar-refractivity contribution in [1.82, 2.24) is 4.90 Å². The van der Waals surface area contributed by atoms with E-state index in [1.54, 1.807) is 23.1 Å². The van der Waals surface area contributed by atoms with Crippen LogP contribution in [-0.4, -0.2) is 41.7 Å². The fourth-order valence-electron chi connectivity index (χ4n) is 2.00. The number of rotatable bonds is 3. The molecule has 1 N–H and O–H groups in total. The van der Waals surface area contributed by atoms with Gasteiger partial charge < -0.3 is 14.7 Å². The highest BCUT2D eigenvalue weighted by Gasteiger charge is 2.22. The predicted octanol–water partition coefficient (Wildman–Crippen LogP) is 2.36. The van der Waals surface area contributed by atoms with E-state index in [2.05, 4.69) is 0 Å². The van der Waals surface area contributed by atoms with Gasteiger partial charge in [-0.3, -0.25) is 4.79 Å². The molecule has 104 valence electrons. The van der Waals surface area contributed by atoms with E-state index in [1.165, 1.54) is 0 Å². The average Bonchev–Trinajstić information content (AvgIpc) is 2.39. The molecule has 1 aromatic carbocycles. The van der Waals surface area contributed by atoms with Crippen LogP contribution < -0.4 is 4.74 Å². The smallest absolute Gasteiger partial charge is 0.260 e. The number of halogens is 2. The molecule has 19 heavy (non-hydrogen) atoms. The Balaban J connectivity index is 1.91. The third-order valence-electron chi connectivity index (χ3n) is 2.99. The quantitative estimate of drug-likeness (QED) is 0.932. The normalized spacial score (nSPS) is 19.3. The maximum absolute atomic E-state index is 11.9. The Labute approximate surface area is 121 Å². The number of carbonyl (C=O) groups is 1. The Morgan fingerprint density at radius 1 is 1.47 bits per heavy atom. The first-order valence-electron chi connectivity index (χ1n) is 6.10. The number of piperidine rings is 1. The number of β-amino-alcohol motifs (C(OH)–C–C–N with tert-alkyl or cyclic N) is 1. The monoisotopic (exact) mass is 303 g/mol. The van der Waals surface area contributed by atoms with E-state index >= 15 is 0 Å². The van der Waals surface area contributed by atoms with Gasteiger partial charge in [-0.05, 0) is 25.0 Å². The summed E-state index contributed by atoms with van der Waals surface area (Å²) in [5.74, 6) is 0.231. The molecule has 1 fully saturated rings. The van der Waals surface area contributed by atoms with E-state index in [9.17, 15) is 9.90 Å². The molecule has 1 aliphatic rings. The number of amides is 1. The highest BCUT2D eigenvalue weighted by atomic mass is 35.5. The Kier molecular flexibility index (Phi) is 4.91. The van der Waals surface area contributed by atoms with Gasteiger partial charge in [-0.1, -0.05) is 23.2 Å². The van der Waals surface area contributed by atoms with E-state index in [-0.39, 0.29) is 12.5 Å². The lowest BCUT2D eigenvalue weighted by atomic mass is 10.1. The molecule has 4 nitrogen and oxygen atoms in total. The fourth-order valence-corrected chi connectivity index (χ4v) is 2.33. The molecule has 2 rings (SSSR count). The topological polar surface area (TPSA) is 49.8 Å². The van der Waals surface area contributed by atoms with Gasteiger partial charge in [0.05, 0.1) is 11.1 Å². The molecule has 0 bridgehead atoms. The van der Waals surface area contributed by atoms with Gasteiger partial charge in [0.15, 0.2) is 6.61 Å². The highest BCUT2D eigenvalue weighted by molar-refractivity contribution is 6.34. The van der Waals surface area contributed by atoms with Gasteiger partial charge in [0.2, 0.25) is 0 Å². The number of nitrogens with zero attached hydrogens (tertiary/aromatic N) is 1. The molecule has 1 heterocycles. The average molecular weight is 304 g/mol. The first kappa shape index (κ1) is 14.4. The van der Waals surface area contributed by atoms with Gasteiger partial charge in [0, 0.05) is 24.2 Å². The van der Waals surface area contributed by atoms with Crippen LogP contribution in [0.1, 0.15) is 12.8 Å². The Morgan fingerprint density at radius 3 is 3.00 bits per heavy atom.